The highest BCUT2D eigenvalue weighted by molar-refractivity contribution is 8.00. The van der Waals surface area contributed by atoms with Gasteiger partial charge in [0.1, 0.15) is 90.8 Å². The van der Waals surface area contributed by atoms with Crippen LogP contribution in [0.5, 0.6) is 5.75 Å². The van der Waals surface area contributed by atoms with E-state index in [9.17, 15) is 73.5 Å². The summed E-state index contributed by atoms with van der Waals surface area (Å²) in [4.78, 5) is 260. The molecule has 3 aromatic carbocycles. The van der Waals surface area contributed by atoms with Gasteiger partial charge in [-0.2, -0.15) is 0 Å². The molecular formula is C86H112N22O22S2. The van der Waals surface area contributed by atoms with Crippen molar-refractivity contribution in [3.05, 3.63) is 125 Å². The molecule has 132 heavy (non-hydrogen) atoms. The molecule has 0 bridgehead atoms. The lowest BCUT2D eigenvalue weighted by molar-refractivity contribution is -0.149. The second kappa shape index (κ2) is 47.4. The van der Waals surface area contributed by atoms with Crippen molar-refractivity contribution in [1.29, 1.82) is 0 Å². The predicted molar refractivity (Wildman–Crippen MR) is 475 cm³/mol. The fraction of sp³-hybridized carbons (Fsp3) is 0.500. The van der Waals surface area contributed by atoms with Crippen molar-refractivity contribution in [3.8, 4) is 5.75 Å². The van der Waals surface area contributed by atoms with Crippen LogP contribution < -0.4 is 58.9 Å². The topological polar surface area (TPSA) is 639 Å². The Balaban J connectivity index is 1.01. The number of hydrogen-bond donors (Lipinski definition) is 18. The number of aliphatic hydroxyl groups excluding tert-OH is 2. The monoisotopic (exact) mass is 1870 g/mol. The number of rotatable bonds is 23. The van der Waals surface area contributed by atoms with Gasteiger partial charge in [0.15, 0.2) is 5.82 Å². The maximum Gasteiger partial charge on any atom is 0.322 e. The van der Waals surface area contributed by atoms with Gasteiger partial charge in [0, 0.05) is 99.5 Å². The third-order valence-electron chi connectivity index (χ3n) is 23.2. The first-order chi connectivity index (χ1) is 63.1. The van der Waals surface area contributed by atoms with Crippen molar-refractivity contribution >= 4 is 145 Å². The summed E-state index contributed by atoms with van der Waals surface area (Å²) in [5, 5.41) is 93.5. The summed E-state index contributed by atoms with van der Waals surface area (Å²) in [5.74, 6) is -19.0. The van der Waals surface area contributed by atoms with E-state index in [-0.39, 0.29) is 68.8 Å². The number of primary amides is 1. The summed E-state index contributed by atoms with van der Waals surface area (Å²) in [6.45, 7) is 3.43. The van der Waals surface area contributed by atoms with Crippen molar-refractivity contribution in [2.45, 2.75) is 221 Å². The molecule has 0 aliphatic carbocycles. The zero-order valence-corrected chi connectivity index (χ0v) is 75.2. The number of tetrazole rings is 1. The molecule has 15 atom stereocenters. The van der Waals surface area contributed by atoms with Crippen LogP contribution in [0.2, 0.25) is 0 Å². The van der Waals surface area contributed by atoms with E-state index < -0.39 is 255 Å². The number of likely N-dealkylation sites (N-methyl/N-ethyl adjacent to an activating group) is 2. The molecule has 2 fully saturated rings. The van der Waals surface area contributed by atoms with Gasteiger partial charge >= 0.3 is 11.9 Å². The van der Waals surface area contributed by atoms with Crippen LogP contribution in [-0.4, -0.2) is 311 Å². The largest absolute Gasteiger partial charge is 0.508 e. The summed E-state index contributed by atoms with van der Waals surface area (Å²) in [7, 11) is 2.68. The van der Waals surface area contributed by atoms with E-state index in [1.165, 1.54) is 76.1 Å². The minimum Gasteiger partial charge on any atom is -0.508 e. The standard InChI is InChI=1S/C86H112N22O22S2/c1-7-9-19-64-80(124)92-45(3)74(118)100-63(76(120)90-38-72(116)117)42-131-43-70(113)93-57(30-47-23-25-51(110)26-24-47)73-101-102-103-108(73)46(4)75(119)97-61(35-71(114)115)85(129)106-29-15-21-65(106)81(125)96-59(33-50-37-88-44-91-50)78(122)94-56(27-28-69(87)112)84(128)107-39-52(111)34-67(107)82(126)95-58(31-48-36-89-55-18-13-11-16-53(48)55)77(121)99-62(40-109)79(123)98-60(32-49-41-132-68-22-14-12-17-54(49)68)83(127)105(6)66(20-10-8-2)86(130)104(64)5/h11-14,16-18,22-26,36-37,41,44-46,52,56-67,89,109-111H,7-10,15,19-21,27-35,38-40,42-43H2,1-6H3,(H2,87,112)(H,88,91)(H,90,120)(H,92,124)(H,93,113)(H,94,122)(H,95,126)(H,96,125)(H,97,119)(H,98,123)(H,99,121)(H,100,118)(H,114,115)(H,116,117)/t45-,46-,52+,56-,57-,58-,59-,60-,61-,62-,63-,64-,65-,66-,67-/m0/s1. The van der Waals surface area contributed by atoms with Gasteiger partial charge in [-0.15, -0.1) is 28.2 Å². The van der Waals surface area contributed by atoms with E-state index in [0.717, 1.165) is 40.7 Å². The minimum atomic E-state index is -1.92. The number of H-pyrrole nitrogens is 2. The molecule has 0 saturated carbocycles. The quantitative estimate of drug-likeness (QED) is 0.0331. The van der Waals surface area contributed by atoms with E-state index in [2.05, 4.69) is 83.6 Å². The van der Waals surface area contributed by atoms with Crippen LogP contribution in [0.3, 0.4) is 0 Å². The number of carboxylic acid groups (broad SMARTS) is 2. The molecule has 10 rings (SSSR count). The molecule has 7 aromatic rings. The Kier molecular flexibility index (Phi) is 36.1. The van der Waals surface area contributed by atoms with Gasteiger partial charge in [0.2, 0.25) is 88.6 Å². The fourth-order valence-electron chi connectivity index (χ4n) is 16.0. The lowest BCUT2D eigenvalue weighted by Gasteiger charge is -2.36. The smallest absolute Gasteiger partial charge is 0.322 e. The summed E-state index contributed by atoms with van der Waals surface area (Å²) in [5.41, 5.74) is 7.91. The highest BCUT2D eigenvalue weighted by Gasteiger charge is 2.47. The van der Waals surface area contributed by atoms with Crippen LogP contribution in [-0.2, 0) is 107 Å². The number of nitrogens with two attached hydrogens (primary N) is 1. The first-order valence-corrected chi connectivity index (χ1v) is 45.4. The Bertz CT molecular complexity index is 5320. The van der Waals surface area contributed by atoms with E-state index in [4.69, 9.17) is 5.73 Å². The average molecular weight is 1870 g/mol. The van der Waals surface area contributed by atoms with Crippen molar-refractivity contribution in [2.24, 2.45) is 5.73 Å². The number of nitrogens with zero attached hydrogens (tertiary/aromatic N) is 9. The maximum absolute atomic E-state index is 15.6. The lowest BCUT2D eigenvalue weighted by Crippen LogP contribution is -2.61. The number of thioether (sulfide) groups is 1. The number of phenols is 1. The third kappa shape index (κ3) is 26.6. The number of carboxylic acids is 2. The molecule has 44 nitrogen and oxygen atoms in total. The average Bonchev–Trinajstić information content (AvgIpc) is 1.57. The second-order valence-corrected chi connectivity index (χ2v) is 34.7. The summed E-state index contributed by atoms with van der Waals surface area (Å²) in [6.07, 6.45) is 0.720. The molecule has 710 valence electrons. The highest BCUT2D eigenvalue weighted by atomic mass is 32.2. The SMILES string of the molecule is CCCC[C@H]1C(=O)N(C)[C@@H](CCCC)C(=O)N[C@@H](C)C(=O)N[C@H](C(=O)NCC(=O)O)CSCC(=O)N[C@@H](Cc2ccc(O)cc2)c2nnnn2[C@@H](C)C(=O)N[C@@H](CC(=O)O)C(=O)N2CCC[C@H]2C(=O)N[C@@H](Cc2c[nH]cn2)C(=O)N[C@@H](CCC(N)=O)C(=O)N2C[C@H](O)C[C@H]2C(=O)N[C@@H](Cc2c[nH]c3ccccc23)C(=O)N[C@@H](CO)C(=O)N[C@@H](Cc2csc3ccccc23)C(=O)N1C. The molecule has 7 heterocycles. The van der Waals surface area contributed by atoms with Gasteiger partial charge in [-0.25, -0.2) is 9.67 Å². The van der Waals surface area contributed by atoms with Crippen LogP contribution in [0, 0.1) is 0 Å². The summed E-state index contributed by atoms with van der Waals surface area (Å²) >= 11 is 2.12. The van der Waals surface area contributed by atoms with E-state index in [1.54, 1.807) is 54.0 Å². The molecule has 3 aliphatic rings. The first kappa shape index (κ1) is 101. The number of imidazole rings is 1. The van der Waals surface area contributed by atoms with Crippen molar-refractivity contribution in [1.82, 2.24) is 108 Å². The molecule has 2 saturated heterocycles. The Morgan fingerprint density at radius 3 is 1.89 bits per heavy atom. The third-order valence-corrected chi connectivity index (χ3v) is 25.3. The number of aromatic amines is 2. The highest BCUT2D eigenvalue weighted by Crippen LogP contribution is 2.31. The Hall–Kier alpha value is -13.5. The number of para-hydroxylation sites is 1. The second-order valence-electron chi connectivity index (χ2n) is 32.8. The minimum absolute atomic E-state index is 0.00491. The van der Waals surface area contributed by atoms with Gasteiger partial charge < -0.3 is 114 Å². The van der Waals surface area contributed by atoms with Gasteiger partial charge in [0.25, 0.3) is 0 Å². The number of fused-ring (bicyclic) bond motifs is 5. The van der Waals surface area contributed by atoms with Crippen molar-refractivity contribution < 1.29 is 107 Å². The molecule has 0 spiro atoms. The molecule has 0 radical (unpaired) electrons. The normalized spacial score (nSPS) is 24.8. The molecular weight excluding hydrogens is 1760 g/mol. The summed E-state index contributed by atoms with van der Waals surface area (Å²) < 4.78 is 1.78. The molecule has 19 N–H and O–H groups in total. The van der Waals surface area contributed by atoms with Gasteiger partial charge in [-0.3, -0.25) is 81.5 Å². The zero-order valence-electron chi connectivity index (χ0n) is 73.5. The Morgan fingerprint density at radius 1 is 0.598 bits per heavy atom. The predicted octanol–water partition coefficient (Wildman–Crippen LogP) is -1.95. The number of carbonyl (C=O) groups excluding carboxylic acids is 15. The maximum atomic E-state index is 15.6. The van der Waals surface area contributed by atoms with E-state index in [0.29, 0.717) is 58.7 Å². The number of carbonyl (C=O) groups is 17. The number of nitrogens with one attached hydrogen (secondary N) is 12. The summed E-state index contributed by atoms with van der Waals surface area (Å²) in [6, 6.07) is -2.46. The molecule has 3 aliphatic heterocycles. The van der Waals surface area contributed by atoms with Crippen molar-refractivity contribution in [3.63, 3.8) is 0 Å². The zero-order chi connectivity index (χ0) is 95.7. The van der Waals surface area contributed by atoms with E-state index in [1.807, 2.05) is 19.9 Å². The van der Waals surface area contributed by atoms with Gasteiger partial charge in [-0.1, -0.05) is 88.1 Å². The number of hydrogen-bond acceptors (Lipinski definition) is 26. The van der Waals surface area contributed by atoms with Crippen LogP contribution >= 0.6 is 23.1 Å². The van der Waals surface area contributed by atoms with Crippen molar-refractivity contribution in [2.75, 3.05) is 51.8 Å². The van der Waals surface area contributed by atoms with Gasteiger partial charge in [0.05, 0.1) is 42.9 Å². The fourth-order valence-corrected chi connectivity index (χ4v) is 17.9. The molecule has 46 heteroatoms. The van der Waals surface area contributed by atoms with E-state index >= 15 is 33.6 Å². The molecule has 0 unspecified atom stereocenters. The number of thiophene rings is 1. The number of aliphatic hydroxyl groups is 2. The number of aromatic nitrogens is 7. The van der Waals surface area contributed by atoms with Gasteiger partial charge in [-0.05, 0) is 108 Å². The Morgan fingerprint density at radius 2 is 1.22 bits per heavy atom. The first-order valence-electron chi connectivity index (χ1n) is 43.3. The van der Waals surface area contributed by atoms with Crippen LogP contribution in [0.25, 0.3) is 21.0 Å². The number of benzene rings is 3. The number of phenolic OH excluding ortho intramolecular Hbond substituents is 1. The van der Waals surface area contributed by atoms with Crippen LogP contribution in [0.1, 0.15) is 145 Å². The number of unbranched alkanes of at least 4 members (excludes halogenated alkanes) is 2. The molecule has 4 aromatic heterocycles. The Labute approximate surface area is 765 Å². The lowest BCUT2D eigenvalue weighted by atomic mass is 10.00. The van der Waals surface area contributed by atoms with Crippen LogP contribution in [0.4, 0.5) is 0 Å². The number of aliphatic carboxylic acids is 2. The number of amides is 15. The molecule has 15 amide bonds. The number of aromatic hydroxyl groups is 1. The van der Waals surface area contributed by atoms with Crippen LogP contribution in [0.15, 0.2) is 96.9 Å².